The lowest BCUT2D eigenvalue weighted by Gasteiger charge is -2.29. The van der Waals surface area contributed by atoms with Crippen LogP contribution in [0.2, 0.25) is 0 Å². The van der Waals surface area contributed by atoms with Gasteiger partial charge in [-0.15, -0.1) is 5.10 Å². The zero-order chi connectivity index (χ0) is 18.6. The van der Waals surface area contributed by atoms with E-state index in [-0.39, 0.29) is 12.6 Å². The maximum Gasteiger partial charge on any atom is 0.407 e. The van der Waals surface area contributed by atoms with E-state index in [1.807, 2.05) is 0 Å². The van der Waals surface area contributed by atoms with Crippen molar-refractivity contribution in [2.24, 2.45) is 0 Å². The van der Waals surface area contributed by atoms with Crippen molar-refractivity contribution in [3.05, 3.63) is 36.5 Å². The highest BCUT2D eigenvalue weighted by molar-refractivity contribution is 5.64. The van der Waals surface area contributed by atoms with Gasteiger partial charge in [-0.2, -0.15) is 19.7 Å². The molecule has 1 saturated heterocycles. The molecule has 0 aromatic carbocycles. The fraction of sp³-hybridized carbons (Fsp3) is 0.400. The van der Waals surface area contributed by atoms with Crippen LogP contribution >= 0.6 is 0 Å². The number of pyridine rings is 1. The zero-order valence-corrected chi connectivity index (χ0v) is 14.3. The number of likely N-dealkylation sites (tertiary alicyclic amines) is 1. The molecule has 1 amide bonds. The molecule has 0 aliphatic carbocycles. The van der Waals surface area contributed by atoms with Crippen LogP contribution in [0, 0.1) is 0 Å². The van der Waals surface area contributed by atoms with E-state index in [0.29, 0.717) is 43.2 Å². The number of tetrazole rings is 1. The summed E-state index contributed by atoms with van der Waals surface area (Å²) in [6, 6.07) is 3.63. The maximum absolute atomic E-state index is 11.0. The van der Waals surface area contributed by atoms with E-state index in [1.165, 1.54) is 15.9 Å². The number of ether oxygens (including phenoxy) is 1. The number of hydrogen-bond donors (Lipinski definition) is 1. The summed E-state index contributed by atoms with van der Waals surface area (Å²) in [4.78, 5) is 18.3. The number of amides is 1. The van der Waals surface area contributed by atoms with Crippen molar-refractivity contribution in [1.82, 2.24) is 45.1 Å². The topological polar surface area (TPSA) is 137 Å². The first kappa shape index (κ1) is 16.9. The summed E-state index contributed by atoms with van der Waals surface area (Å²) in [5.41, 5.74) is 0.695. The van der Waals surface area contributed by atoms with E-state index in [9.17, 15) is 4.79 Å². The van der Waals surface area contributed by atoms with E-state index >= 15 is 0 Å². The Morgan fingerprint density at radius 3 is 2.78 bits per heavy atom. The molecule has 1 fully saturated rings. The van der Waals surface area contributed by atoms with E-state index < -0.39 is 6.09 Å². The Hall–Kier alpha value is -3.57. The van der Waals surface area contributed by atoms with Crippen molar-refractivity contribution in [1.29, 1.82) is 0 Å². The molecule has 12 nitrogen and oxygen atoms in total. The van der Waals surface area contributed by atoms with Crippen molar-refractivity contribution in [3.8, 4) is 11.6 Å². The standard InChI is InChI=1S/C15H17N9O3/c25-15(26)22-5-3-12(4-6-22)24-18-7-11(19-24)9-27-13-1-2-14(16-8-13)23-10-17-20-21-23/h1-2,7-8,10,12H,3-6,9H2,(H,25,26). The van der Waals surface area contributed by atoms with Gasteiger partial charge in [0.05, 0.1) is 18.4 Å². The third-order valence-corrected chi connectivity index (χ3v) is 4.31. The summed E-state index contributed by atoms with van der Waals surface area (Å²) in [5, 5.41) is 28.6. The fourth-order valence-corrected chi connectivity index (χ4v) is 2.86. The molecule has 0 unspecified atom stereocenters. The first-order chi connectivity index (χ1) is 13.2. The fourth-order valence-electron chi connectivity index (χ4n) is 2.86. The molecule has 4 rings (SSSR count). The minimum atomic E-state index is -0.879. The molecular weight excluding hydrogens is 354 g/mol. The summed E-state index contributed by atoms with van der Waals surface area (Å²) in [6.45, 7) is 1.25. The molecule has 1 N–H and O–H groups in total. The SMILES string of the molecule is O=C(O)N1CCC(n2ncc(COc3ccc(-n4cnnn4)nc3)n2)CC1. The number of carboxylic acid groups (broad SMARTS) is 1. The second kappa shape index (κ2) is 7.35. The van der Waals surface area contributed by atoms with Crippen molar-refractivity contribution >= 4 is 6.09 Å². The molecular formula is C15H17N9O3. The molecule has 27 heavy (non-hydrogen) atoms. The quantitative estimate of drug-likeness (QED) is 0.681. The maximum atomic E-state index is 11.0. The summed E-state index contributed by atoms with van der Waals surface area (Å²) in [6.07, 6.45) is 5.22. The molecule has 4 heterocycles. The molecule has 140 valence electrons. The molecule has 12 heteroatoms. The molecule has 1 aliphatic heterocycles. The summed E-state index contributed by atoms with van der Waals surface area (Å²) >= 11 is 0. The minimum absolute atomic E-state index is 0.103. The Morgan fingerprint density at radius 1 is 1.26 bits per heavy atom. The summed E-state index contributed by atoms with van der Waals surface area (Å²) in [5.74, 6) is 1.18. The highest BCUT2D eigenvalue weighted by atomic mass is 16.5. The van der Waals surface area contributed by atoms with Crippen LogP contribution in [-0.2, 0) is 6.61 Å². The Balaban J connectivity index is 1.31. The van der Waals surface area contributed by atoms with Crippen LogP contribution in [0.4, 0.5) is 4.79 Å². The van der Waals surface area contributed by atoms with E-state index in [0.717, 1.165) is 0 Å². The average Bonchev–Trinajstić information content (AvgIpc) is 3.39. The number of hydrogen-bond acceptors (Lipinski definition) is 8. The predicted octanol–water partition coefficient (Wildman–Crippen LogP) is 0.543. The van der Waals surface area contributed by atoms with Crippen LogP contribution in [0.3, 0.4) is 0 Å². The lowest BCUT2D eigenvalue weighted by atomic mass is 10.1. The highest BCUT2D eigenvalue weighted by Crippen LogP contribution is 2.21. The third kappa shape index (κ3) is 3.83. The smallest absolute Gasteiger partial charge is 0.407 e. The monoisotopic (exact) mass is 371 g/mol. The lowest BCUT2D eigenvalue weighted by Crippen LogP contribution is -2.38. The van der Waals surface area contributed by atoms with Gasteiger partial charge in [-0.25, -0.2) is 9.78 Å². The van der Waals surface area contributed by atoms with Gasteiger partial charge in [-0.3, -0.25) is 0 Å². The van der Waals surface area contributed by atoms with Crippen LogP contribution in [0.15, 0.2) is 30.9 Å². The molecule has 0 bridgehead atoms. The summed E-state index contributed by atoms with van der Waals surface area (Å²) in [7, 11) is 0. The number of nitrogens with zero attached hydrogens (tertiary/aromatic N) is 9. The number of carbonyl (C=O) groups is 1. The number of rotatable bonds is 5. The van der Waals surface area contributed by atoms with Crippen LogP contribution in [0.1, 0.15) is 24.6 Å². The second-order valence-corrected chi connectivity index (χ2v) is 6.05. The Labute approximate surface area is 153 Å². The molecule has 0 atom stereocenters. The highest BCUT2D eigenvalue weighted by Gasteiger charge is 2.24. The van der Waals surface area contributed by atoms with Crippen molar-refractivity contribution in [2.45, 2.75) is 25.5 Å². The molecule has 0 saturated carbocycles. The second-order valence-electron chi connectivity index (χ2n) is 6.05. The Kier molecular flexibility index (Phi) is 4.60. The van der Waals surface area contributed by atoms with E-state index in [2.05, 4.69) is 30.7 Å². The molecule has 3 aromatic heterocycles. The van der Waals surface area contributed by atoms with Crippen LogP contribution in [-0.4, -0.2) is 69.4 Å². The minimum Gasteiger partial charge on any atom is -0.486 e. The largest absolute Gasteiger partial charge is 0.486 e. The van der Waals surface area contributed by atoms with Gasteiger partial charge >= 0.3 is 6.09 Å². The van der Waals surface area contributed by atoms with Crippen LogP contribution in [0.5, 0.6) is 5.75 Å². The molecule has 3 aromatic rings. The van der Waals surface area contributed by atoms with Gasteiger partial charge < -0.3 is 14.7 Å². The Morgan fingerprint density at radius 2 is 2.11 bits per heavy atom. The van der Waals surface area contributed by atoms with Crippen LogP contribution < -0.4 is 4.74 Å². The zero-order valence-electron chi connectivity index (χ0n) is 14.3. The molecule has 0 spiro atoms. The van der Waals surface area contributed by atoms with Crippen LogP contribution in [0.25, 0.3) is 5.82 Å². The van der Waals surface area contributed by atoms with E-state index in [1.54, 1.807) is 29.3 Å². The Bertz CT molecular complexity index is 886. The van der Waals surface area contributed by atoms with Gasteiger partial charge in [0.25, 0.3) is 0 Å². The first-order valence-electron chi connectivity index (χ1n) is 8.40. The van der Waals surface area contributed by atoms with Gasteiger partial charge in [0.15, 0.2) is 5.82 Å². The van der Waals surface area contributed by atoms with Crippen molar-refractivity contribution < 1.29 is 14.6 Å². The molecule has 1 aliphatic rings. The van der Waals surface area contributed by atoms with Crippen molar-refractivity contribution in [2.75, 3.05) is 13.1 Å². The van der Waals surface area contributed by atoms with Gasteiger partial charge in [0.2, 0.25) is 0 Å². The van der Waals surface area contributed by atoms with Gasteiger partial charge in [-0.1, -0.05) is 0 Å². The van der Waals surface area contributed by atoms with Crippen molar-refractivity contribution in [3.63, 3.8) is 0 Å². The summed E-state index contributed by atoms with van der Waals surface area (Å²) < 4.78 is 7.14. The number of piperidine rings is 1. The first-order valence-corrected chi connectivity index (χ1v) is 8.40. The lowest BCUT2D eigenvalue weighted by molar-refractivity contribution is 0.121. The van der Waals surface area contributed by atoms with Gasteiger partial charge in [0.1, 0.15) is 24.4 Å². The van der Waals surface area contributed by atoms with E-state index in [4.69, 9.17) is 9.84 Å². The third-order valence-electron chi connectivity index (χ3n) is 4.31. The molecule has 0 radical (unpaired) electrons. The van der Waals surface area contributed by atoms with Gasteiger partial charge in [-0.05, 0) is 35.4 Å². The predicted molar refractivity (Wildman–Crippen MR) is 89.2 cm³/mol. The van der Waals surface area contributed by atoms with Gasteiger partial charge in [0, 0.05) is 13.1 Å². The number of aromatic nitrogens is 8. The normalized spacial score (nSPS) is 15.0. The average molecular weight is 371 g/mol.